The number of carboxylic acids is 1. The molecule has 0 fully saturated rings. The zero-order valence-electron chi connectivity index (χ0n) is 9.58. The first-order valence-corrected chi connectivity index (χ1v) is 7.65. The monoisotopic (exact) mass is 401 g/mol. The van der Waals surface area contributed by atoms with Crippen LogP contribution in [0, 0.1) is 3.57 Å². The van der Waals surface area contributed by atoms with Gasteiger partial charge < -0.3 is 15.3 Å². The number of aliphatic hydroxyl groups excluding tert-OH is 2. The van der Waals surface area contributed by atoms with Crippen LogP contribution in [0.4, 0.5) is 0 Å². The molecule has 0 saturated heterocycles. The third-order valence-electron chi connectivity index (χ3n) is 2.24. The molecule has 0 aromatic heterocycles. The fourth-order valence-corrected chi connectivity index (χ4v) is 3.07. The van der Waals surface area contributed by atoms with E-state index in [2.05, 4.69) is 4.72 Å². The van der Waals surface area contributed by atoms with Gasteiger partial charge in [-0.2, -0.15) is 0 Å². The average molecular weight is 401 g/mol. The van der Waals surface area contributed by atoms with E-state index in [1.165, 1.54) is 12.1 Å². The molecule has 0 atom stereocenters. The minimum Gasteiger partial charge on any atom is -0.478 e. The van der Waals surface area contributed by atoms with Crippen LogP contribution in [0.25, 0.3) is 0 Å². The number of nitrogens with one attached hydrogen (secondary N) is 1. The first-order chi connectivity index (χ1) is 8.81. The highest BCUT2D eigenvalue weighted by molar-refractivity contribution is 14.1. The van der Waals surface area contributed by atoms with Crippen LogP contribution in [-0.4, -0.2) is 49.0 Å². The van der Waals surface area contributed by atoms with Gasteiger partial charge in [0.25, 0.3) is 0 Å². The van der Waals surface area contributed by atoms with Crippen molar-refractivity contribution in [1.29, 1.82) is 0 Å². The van der Waals surface area contributed by atoms with Gasteiger partial charge in [-0.05, 0) is 40.8 Å². The number of rotatable bonds is 6. The number of benzene rings is 1. The van der Waals surface area contributed by atoms with E-state index in [4.69, 9.17) is 15.3 Å². The topological polar surface area (TPSA) is 124 Å². The van der Waals surface area contributed by atoms with Crippen LogP contribution < -0.4 is 4.72 Å². The predicted octanol–water partition coefficient (Wildman–Crippen LogP) is -0.379. The molecule has 4 N–H and O–H groups in total. The van der Waals surface area contributed by atoms with Crippen molar-refractivity contribution in [3.63, 3.8) is 0 Å². The molecule has 19 heavy (non-hydrogen) atoms. The molecule has 0 aliphatic carbocycles. The maximum atomic E-state index is 11.9. The molecule has 1 rings (SSSR count). The Hall–Kier alpha value is -0.750. The van der Waals surface area contributed by atoms with Crippen molar-refractivity contribution < 1.29 is 28.5 Å². The van der Waals surface area contributed by atoms with Crippen LogP contribution in [0.3, 0.4) is 0 Å². The summed E-state index contributed by atoms with van der Waals surface area (Å²) in [4.78, 5) is 10.7. The van der Waals surface area contributed by atoms with Crippen molar-refractivity contribution in [1.82, 2.24) is 4.72 Å². The zero-order chi connectivity index (χ0) is 14.6. The number of halogens is 1. The van der Waals surface area contributed by atoms with E-state index in [1.54, 1.807) is 22.6 Å². The highest BCUT2D eigenvalue weighted by Crippen LogP contribution is 2.18. The fraction of sp³-hybridized carbons (Fsp3) is 0.300. The Kier molecular flexibility index (Phi) is 5.67. The van der Waals surface area contributed by atoms with E-state index >= 15 is 0 Å². The lowest BCUT2D eigenvalue weighted by molar-refractivity contribution is 0.0695. The summed E-state index contributed by atoms with van der Waals surface area (Å²) in [6.45, 7) is -1.13. The molecule has 106 valence electrons. The average Bonchev–Trinajstić information content (AvgIpc) is 2.35. The van der Waals surface area contributed by atoms with Crippen molar-refractivity contribution in [2.24, 2.45) is 0 Å². The van der Waals surface area contributed by atoms with Gasteiger partial charge in [-0.1, -0.05) is 0 Å². The quantitative estimate of drug-likeness (QED) is 0.482. The first-order valence-electron chi connectivity index (χ1n) is 5.08. The van der Waals surface area contributed by atoms with Gasteiger partial charge in [0.05, 0.1) is 29.7 Å². The Bertz CT molecular complexity index is 569. The van der Waals surface area contributed by atoms with E-state index in [0.717, 1.165) is 6.07 Å². The van der Waals surface area contributed by atoms with Crippen LogP contribution in [0.2, 0.25) is 0 Å². The molecule has 7 nitrogen and oxygen atoms in total. The lowest BCUT2D eigenvalue weighted by atomic mass is 10.2. The summed E-state index contributed by atoms with van der Waals surface area (Å²) in [5, 5.41) is 26.6. The minimum atomic E-state index is -3.99. The molecule has 0 bridgehead atoms. The normalized spacial score (nSPS) is 11.8. The number of carbonyl (C=O) groups is 1. The molecular formula is C10H12INO6S. The van der Waals surface area contributed by atoms with E-state index in [9.17, 15) is 13.2 Å². The predicted molar refractivity (Wildman–Crippen MR) is 74.4 cm³/mol. The number of sulfonamides is 1. The van der Waals surface area contributed by atoms with Gasteiger partial charge in [-0.15, -0.1) is 0 Å². The Balaban J connectivity index is 3.15. The lowest BCUT2D eigenvalue weighted by Crippen LogP contribution is -2.40. The van der Waals surface area contributed by atoms with Gasteiger partial charge in [-0.3, -0.25) is 0 Å². The summed E-state index contributed by atoms with van der Waals surface area (Å²) in [5.74, 6) is -1.23. The molecule has 0 aliphatic heterocycles. The summed E-state index contributed by atoms with van der Waals surface area (Å²) in [7, 11) is -3.99. The SMILES string of the molecule is O=C(O)c1cc(S(=O)(=O)NC(CO)CO)ccc1I. The van der Waals surface area contributed by atoms with E-state index in [-0.39, 0.29) is 10.5 Å². The Morgan fingerprint density at radius 1 is 1.32 bits per heavy atom. The molecule has 1 aromatic carbocycles. The van der Waals surface area contributed by atoms with Gasteiger partial charge in [0.15, 0.2) is 0 Å². The van der Waals surface area contributed by atoms with Crippen molar-refractivity contribution in [3.05, 3.63) is 27.3 Å². The molecule has 0 unspecified atom stereocenters. The van der Waals surface area contributed by atoms with Crippen molar-refractivity contribution in [3.8, 4) is 0 Å². The lowest BCUT2D eigenvalue weighted by Gasteiger charge is -2.14. The molecule has 0 saturated carbocycles. The maximum absolute atomic E-state index is 11.9. The maximum Gasteiger partial charge on any atom is 0.336 e. The Morgan fingerprint density at radius 2 is 1.89 bits per heavy atom. The molecule has 0 radical (unpaired) electrons. The van der Waals surface area contributed by atoms with Crippen LogP contribution in [0.5, 0.6) is 0 Å². The minimum absolute atomic E-state index is 0.131. The molecular weight excluding hydrogens is 389 g/mol. The molecule has 1 aromatic rings. The Labute approximate surface area is 123 Å². The smallest absolute Gasteiger partial charge is 0.336 e. The number of aromatic carboxylic acids is 1. The van der Waals surface area contributed by atoms with Crippen molar-refractivity contribution in [2.45, 2.75) is 10.9 Å². The summed E-state index contributed by atoms with van der Waals surface area (Å²) in [6.07, 6.45) is 0. The second-order valence-corrected chi connectivity index (χ2v) is 6.51. The molecule has 9 heteroatoms. The number of hydrogen-bond donors (Lipinski definition) is 4. The molecule has 0 amide bonds. The second-order valence-electron chi connectivity index (χ2n) is 3.63. The molecule has 0 heterocycles. The number of carboxylic acid groups (broad SMARTS) is 1. The zero-order valence-corrected chi connectivity index (χ0v) is 12.6. The summed E-state index contributed by atoms with van der Waals surface area (Å²) in [6, 6.07) is 2.61. The second kappa shape index (κ2) is 6.61. The standard InChI is InChI=1S/C10H12INO6S/c11-9-2-1-7(3-8(9)10(15)16)19(17,18)12-6(4-13)5-14/h1-3,6,12-14H,4-5H2,(H,15,16). The third-order valence-corrected chi connectivity index (χ3v) is 4.70. The Morgan fingerprint density at radius 3 is 2.37 bits per heavy atom. The van der Waals surface area contributed by atoms with E-state index in [0.29, 0.717) is 3.57 Å². The first kappa shape index (κ1) is 16.3. The van der Waals surface area contributed by atoms with Gasteiger partial charge >= 0.3 is 5.97 Å². The van der Waals surface area contributed by atoms with Gasteiger partial charge in [0.2, 0.25) is 10.0 Å². The largest absolute Gasteiger partial charge is 0.478 e. The van der Waals surface area contributed by atoms with Crippen molar-refractivity contribution >= 4 is 38.6 Å². The van der Waals surface area contributed by atoms with Crippen molar-refractivity contribution in [2.75, 3.05) is 13.2 Å². The van der Waals surface area contributed by atoms with Crippen LogP contribution in [0.15, 0.2) is 23.1 Å². The van der Waals surface area contributed by atoms with Crippen LogP contribution in [-0.2, 0) is 10.0 Å². The van der Waals surface area contributed by atoms with Gasteiger partial charge in [0.1, 0.15) is 0 Å². The summed E-state index contributed by atoms with van der Waals surface area (Å²) in [5.41, 5.74) is -0.131. The summed E-state index contributed by atoms with van der Waals surface area (Å²) < 4.78 is 26.3. The number of hydrogen-bond acceptors (Lipinski definition) is 5. The van der Waals surface area contributed by atoms with Crippen LogP contribution >= 0.6 is 22.6 Å². The third kappa shape index (κ3) is 4.11. The van der Waals surface area contributed by atoms with Gasteiger partial charge in [0, 0.05) is 3.57 Å². The van der Waals surface area contributed by atoms with Gasteiger partial charge in [-0.25, -0.2) is 17.9 Å². The summed E-state index contributed by atoms with van der Waals surface area (Å²) >= 11 is 1.78. The fourth-order valence-electron chi connectivity index (χ4n) is 1.26. The highest BCUT2D eigenvalue weighted by atomic mass is 127. The van der Waals surface area contributed by atoms with E-state index < -0.39 is 35.2 Å². The molecule has 0 spiro atoms. The molecule has 0 aliphatic rings. The van der Waals surface area contributed by atoms with E-state index in [1.807, 2.05) is 0 Å². The van der Waals surface area contributed by atoms with Crippen LogP contribution in [0.1, 0.15) is 10.4 Å². The number of aliphatic hydroxyl groups is 2. The highest BCUT2D eigenvalue weighted by Gasteiger charge is 2.21.